The van der Waals surface area contributed by atoms with Crippen molar-refractivity contribution in [2.75, 3.05) is 106 Å². The number of amides is 1. The van der Waals surface area contributed by atoms with E-state index >= 15 is 0 Å². The first kappa shape index (κ1) is 53.6. The van der Waals surface area contributed by atoms with Crippen molar-refractivity contribution in [1.29, 1.82) is 0 Å². The van der Waals surface area contributed by atoms with Crippen LogP contribution >= 0.6 is 0 Å². The predicted molar refractivity (Wildman–Crippen MR) is 188 cm³/mol. The molecule has 0 radical (unpaired) electrons. The Morgan fingerprint density at radius 2 is 0.927 bits per heavy atom. The maximum atomic E-state index is 13.2. The summed E-state index contributed by atoms with van der Waals surface area (Å²) in [5.74, 6) is -0.606. The van der Waals surface area contributed by atoms with E-state index in [0.29, 0.717) is 26.4 Å². The molecule has 0 aliphatic rings. The van der Waals surface area contributed by atoms with Crippen molar-refractivity contribution < 1.29 is 100 Å². The smallest absolute Gasteiger partial charge is 0.237 e. The Morgan fingerprint density at radius 1 is 0.545 bits per heavy atom. The van der Waals surface area contributed by atoms with E-state index in [9.17, 15) is 66.1 Å². The number of carbonyl (C=O) groups is 1. The zero-order valence-electron chi connectivity index (χ0n) is 31.2. The summed E-state index contributed by atoms with van der Waals surface area (Å²) in [5, 5.41) is 154. The number of carbonyl (C=O) groups excluding carboxylic acids is 1. The van der Waals surface area contributed by atoms with Crippen LogP contribution in [-0.4, -0.2) is 273 Å². The van der Waals surface area contributed by atoms with Gasteiger partial charge in [0.05, 0.1) is 90.4 Å². The normalized spacial score (nSPS) is 19.4. The van der Waals surface area contributed by atoms with Crippen LogP contribution in [0.5, 0.6) is 0 Å². The van der Waals surface area contributed by atoms with Crippen molar-refractivity contribution in [3.05, 3.63) is 0 Å². The summed E-state index contributed by atoms with van der Waals surface area (Å²) >= 11 is 0. The number of hydrogen-bond acceptors (Lipinski definition) is 22. The molecule has 55 heavy (non-hydrogen) atoms. The minimum absolute atomic E-state index is 0.0356. The van der Waals surface area contributed by atoms with Crippen molar-refractivity contribution in [3.8, 4) is 0 Å². The lowest BCUT2D eigenvalue weighted by molar-refractivity contribution is -0.130. The number of rotatable bonds is 36. The van der Waals surface area contributed by atoms with Gasteiger partial charge in [-0.1, -0.05) is 0 Å². The van der Waals surface area contributed by atoms with E-state index in [1.54, 1.807) is 7.11 Å². The summed E-state index contributed by atoms with van der Waals surface area (Å²) in [7, 11) is 1.56. The SMILES string of the molecule is COCCOCCOCCOCCNC(=O)C(CCCN(C[C@H](O)[C@@H](O)[C@H](O)[C@H](O)CO)C[C@H](O)[C@@H](O)[C@H](O)[C@H](O)CO)NC[C@H](O)[C@@H](O)[C@H](O)[C@H](O)CO. The molecular weight excluding hydrogens is 746 g/mol. The summed E-state index contributed by atoms with van der Waals surface area (Å²) < 4.78 is 21.0. The molecule has 0 bridgehead atoms. The quantitative estimate of drug-likeness (QED) is 0.0261. The van der Waals surface area contributed by atoms with Crippen LogP contribution in [0.2, 0.25) is 0 Å². The summed E-state index contributed by atoms with van der Waals surface area (Å²) in [6, 6.07) is -1.11. The number of hydrogen-bond donors (Lipinski definition) is 17. The molecule has 0 aromatic rings. The predicted octanol–water partition coefficient (Wildman–Crippen LogP) is -9.85. The Balaban J connectivity index is 5.62. The van der Waals surface area contributed by atoms with Gasteiger partial charge in [0.2, 0.25) is 5.91 Å². The van der Waals surface area contributed by atoms with Gasteiger partial charge in [0.25, 0.3) is 0 Å². The molecule has 0 aliphatic carbocycles. The van der Waals surface area contributed by atoms with E-state index in [2.05, 4.69) is 10.6 Å². The van der Waals surface area contributed by atoms with Crippen molar-refractivity contribution >= 4 is 5.91 Å². The Labute approximate surface area is 319 Å². The van der Waals surface area contributed by atoms with Crippen LogP contribution in [0.15, 0.2) is 0 Å². The van der Waals surface area contributed by atoms with Gasteiger partial charge >= 0.3 is 0 Å². The lowest BCUT2D eigenvalue weighted by Gasteiger charge is -2.33. The molecular formula is C32H67N3O20. The van der Waals surface area contributed by atoms with Gasteiger partial charge in [-0.3, -0.25) is 9.69 Å². The summed E-state index contributed by atoms with van der Waals surface area (Å²) in [5.41, 5.74) is 0. The van der Waals surface area contributed by atoms with E-state index < -0.39 is 125 Å². The third kappa shape index (κ3) is 22.4. The van der Waals surface area contributed by atoms with E-state index in [1.165, 1.54) is 4.90 Å². The van der Waals surface area contributed by atoms with Crippen LogP contribution in [0.25, 0.3) is 0 Å². The first-order chi connectivity index (χ1) is 26.1. The molecule has 17 N–H and O–H groups in total. The number of nitrogens with zero attached hydrogens (tertiary/aromatic N) is 1. The molecule has 23 heteroatoms. The second-order valence-electron chi connectivity index (χ2n) is 12.9. The molecule has 0 saturated heterocycles. The van der Waals surface area contributed by atoms with E-state index in [4.69, 9.17) is 34.3 Å². The third-order valence-electron chi connectivity index (χ3n) is 8.45. The lowest BCUT2D eigenvalue weighted by Crippen LogP contribution is -2.54. The highest BCUT2D eigenvalue weighted by Crippen LogP contribution is 2.13. The molecule has 0 heterocycles. The van der Waals surface area contributed by atoms with Gasteiger partial charge in [-0.05, 0) is 19.4 Å². The van der Waals surface area contributed by atoms with E-state index in [1.807, 2.05) is 0 Å². The zero-order chi connectivity index (χ0) is 41.9. The molecule has 1 amide bonds. The van der Waals surface area contributed by atoms with Crippen molar-refractivity contribution in [2.45, 2.75) is 92.1 Å². The minimum atomic E-state index is -2.00. The topological polar surface area (TPSA) is 385 Å². The highest BCUT2D eigenvalue weighted by Gasteiger charge is 2.35. The standard InChI is InChI=1S/C32H67N3O20/c1-52-7-8-54-11-12-55-10-9-53-6-4-33-32(51)19(34-13-20(39)26(45)29(48)23(42)16-36)3-2-5-35(14-21(40)27(46)30(49)24(43)17-37)15-22(41)28(47)31(50)25(44)18-38/h19-31,34,36-50H,2-18H2,1H3,(H,33,51)/t19?,20-,21-,22-,23+,24+,25+,26+,27+,28+,29+,30+,31+/m0/s1. The van der Waals surface area contributed by atoms with Crippen LogP contribution in [-0.2, 0) is 23.7 Å². The van der Waals surface area contributed by atoms with Crippen molar-refractivity contribution in [1.82, 2.24) is 15.5 Å². The number of nitrogens with one attached hydrogen (secondary N) is 2. The van der Waals surface area contributed by atoms with Crippen molar-refractivity contribution in [2.24, 2.45) is 0 Å². The Kier molecular flexibility index (Phi) is 30.8. The average molecular weight is 814 g/mol. The van der Waals surface area contributed by atoms with Gasteiger partial charge in [0, 0.05) is 33.3 Å². The highest BCUT2D eigenvalue weighted by atomic mass is 16.6. The Bertz CT molecular complexity index is 906. The zero-order valence-corrected chi connectivity index (χ0v) is 31.2. The maximum Gasteiger partial charge on any atom is 0.237 e. The summed E-state index contributed by atoms with van der Waals surface area (Å²) in [6.07, 6.45) is -22.6. The lowest BCUT2D eigenvalue weighted by atomic mass is 10.0. The van der Waals surface area contributed by atoms with Crippen LogP contribution in [0.4, 0.5) is 0 Å². The molecule has 0 fully saturated rings. The fraction of sp³-hybridized carbons (Fsp3) is 0.969. The van der Waals surface area contributed by atoms with Crippen LogP contribution < -0.4 is 10.6 Å². The molecule has 0 spiro atoms. The molecule has 13 atom stereocenters. The van der Waals surface area contributed by atoms with E-state index in [-0.39, 0.29) is 45.8 Å². The number of aliphatic hydroxyl groups is 15. The Hall–Kier alpha value is -1.37. The molecule has 1 unspecified atom stereocenters. The first-order valence-corrected chi connectivity index (χ1v) is 18.0. The van der Waals surface area contributed by atoms with Crippen molar-refractivity contribution in [3.63, 3.8) is 0 Å². The van der Waals surface area contributed by atoms with E-state index in [0.717, 1.165) is 0 Å². The van der Waals surface area contributed by atoms with Gasteiger partial charge in [-0.15, -0.1) is 0 Å². The second-order valence-corrected chi connectivity index (χ2v) is 12.9. The number of aliphatic hydroxyl groups excluding tert-OH is 15. The molecule has 0 rings (SSSR count). The largest absolute Gasteiger partial charge is 0.394 e. The van der Waals surface area contributed by atoms with Gasteiger partial charge in [0.15, 0.2) is 0 Å². The second kappa shape index (κ2) is 31.6. The average Bonchev–Trinajstić information content (AvgIpc) is 3.18. The van der Waals surface area contributed by atoms with Crippen LogP contribution in [0, 0.1) is 0 Å². The minimum Gasteiger partial charge on any atom is -0.394 e. The molecule has 0 saturated carbocycles. The fourth-order valence-corrected chi connectivity index (χ4v) is 4.97. The summed E-state index contributed by atoms with van der Waals surface area (Å²) in [6.45, 7) is -2.28. The number of methoxy groups -OCH3 is 1. The molecule has 0 aromatic heterocycles. The maximum absolute atomic E-state index is 13.2. The third-order valence-corrected chi connectivity index (χ3v) is 8.45. The molecule has 330 valence electrons. The van der Waals surface area contributed by atoms with Gasteiger partial charge in [0.1, 0.15) is 54.9 Å². The number of ether oxygens (including phenoxy) is 4. The van der Waals surface area contributed by atoms with Gasteiger partial charge in [-0.2, -0.15) is 0 Å². The first-order valence-electron chi connectivity index (χ1n) is 18.0. The molecule has 0 aliphatic heterocycles. The molecule has 0 aromatic carbocycles. The monoisotopic (exact) mass is 813 g/mol. The Morgan fingerprint density at radius 3 is 1.35 bits per heavy atom. The van der Waals surface area contributed by atoms with Crippen LogP contribution in [0.1, 0.15) is 12.8 Å². The fourth-order valence-electron chi connectivity index (χ4n) is 4.97. The summed E-state index contributed by atoms with van der Waals surface area (Å²) in [4.78, 5) is 14.4. The highest BCUT2D eigenvalue weighted by molar-refractivity contribution is 5.81. The molecule has 23 nitrogen and oxygen atoms in total. The van der Waals surface area contributed by atoms with Gasteiger partial charge in [-0.25, -0.2) is 0 Å². The van der Waals surface area contributed by atoms with Crippen LogP contribution in [0.3, 0.4) is 0 Å². The van der Waals surface area contributed by atoms with Gasteiger partial charge < -0.3 is 106 Å².